The average Bonchev–Trinajstić information content (AvgIpc) is 2.83. The molecule has 1 N–H and O–H groups in total. The number of benzene rings is 1. The van der Waals surface area contributed by atoms with Gasteiger partial charge in [-0.1, -0.05) is 36.3 Å². The lowest BCUT2D eigenvalue weighted by Crippen LogP contribution is -2.37. The molecule has 1 atom stereocenters. The maximum Gasteiger partial charge on any atom is 0.261 e. The van der Waals surface area contributed by atoms with E-state index < -0.39 is 9.84 Å². The average molecular weight is 324 g/mol. The first-order chi connectivity index (χ1) is 10.5. The minimum Gasteiger partial charge on any atom is -0.386 e. The molecular weight excluding hydrogens is 304 g/mol. The Bertz CT molecular complexity index is 638. The van der Waals surface area contributed by atoms with Crippen molar-refractivity contribution in [1.29, 1.82) is 0 Å². The van der Waals surface area contributed by atoms with Crippen molar-refractivity contribution in [2.75, 3.05) is 18.1 Å². The summed E-state index contributed by atoms with van der Waals surface area (Å²) in [6, 6.07) is 7.56. The molecule has 0 aliphatic carbocycles. The maximum absolute atomic E-state index is 11.6. The van der Waals surface area contributed by atoms with E-state index in [1.807, 2.05) is 24.3 Å². The Hall–Kier alpha value is -1.89. The number of oxime groups is 1. The summed E-state index contributed by atoms with van der Waals surface area (Å²) in [7, 11) is -2.99. The standard InChI is InChI=1S/C15H20N2O4S/c1-2-12-3-5-13(6-4-12)9-16-21-10-15(18)17-14-7-8-22(19,20)11-14/h3-6,9,14H,2,7-8,10-11H2,1H3,(H,17,18)/b16-9-/t14-/m0/s1. The molecule has 1 amide bonds. The second-order valence-electron chi connectivity index (χ2n) is 5.27. The smallest absolute Gasteiger partial charge is 0.261 e. The molecule has 0 radical (unpaired) electrons. The van der Waals surface area contributed by atoms with Gasteiger partial charge < -0.3 is 10.2 Å². The third kappa shape index (κ3) is 5.14. The minimum absolute atomic E-state index is 0.00574. The number of hydrogen-bond acceptors (Lipinski definition) is 5. The molecule has 0 saturated carbocycles. The summed E-state index contributed by atoms with van der Waals surface area (Å²) in [4.78, 5) is 16.5. The van der Waals surface area contributed by atoms with Gasteiger partial charge in [0, 0.05) is 6.04 Å². The Balaban J connectivity index is 1.71. The van der Waals surface area contributed by atoms with Gasteiger partial charge in [0.05, 0.1) is 17.7 Å². The van der Waals surface area contributed by atoms with Gasteiger partial charge in [0.25, 0.3) is 5.91 Å². The van der Waals surface area contributed by atoms with Crippen LogP contribution < -0.4 is 5.32 Å². The van der Waals surface area contributed by atoms with E-state index in [0.29, 0.717) is 6.42 Å². The molecule has 1 heterocycles. The molecular formula is C15H20N2O4S. The van der Waals surface area contributed by atoms with Gasteiger partial charge in [0.15, 0.2) is 16.4 Å². The van der Waals surface area contributed by atoms with E-state index in [4.69, 9.17) is 4.84 Å². The van der Waals surface area contributed by atoms with E-state index in [1.54, 1.807) is 0 Å². The summed E-state index contributed by atoms with van der Waals surface area (Å²) < 4.78 is 22.6. The molecule has 1 aliphatic rings. The number of nitrogens with one attached hydrogen (secondary N) is 1. The van der Waals surface area contributed by atoms with Crippen molar-refractivity contribution >= 4 is 22.0 Å². The molecule has 1 saturated heterocycles. The van der Waals surface area contributed by atoms with Gasteiger partial charge in [-0.15, -0.1) is 0 Å². The Morgan fingerprint density at radius 1 is 1.41 bits per heavy atom. The number of rotatable bonds is 6. The number of carbonyl (C=O) groups excluding carboxylic acids is 1. The van der Waals surface area contributed by atoms with Gasteiger partial charge in [-0.2, -0.15) is 0 Å². The van der Waals surface area contributed by atoms with Crippen LogP contribution in [0.25, 0.3) is 0 Å². The van der Waals surface area contributed by atoms with Crippen molar-refractivity contribution in [3.63, 3.8) is 0 Å². The second-order valence-corrected chi connectivity index (χ2v) is 7.50. The van der Waals surface area contributed by atoms with Crippen LogP contribution in [0.5, 0.6) is 0 Å². The Labute approximate surface area is 130 Å². The van der Waals surface area contributed by atoms with Crippen molar-refractivity contribution in [1.82, 2.24) is 5.32 Å². The van der Waals surface area contributed by atoms with Gasteiger partial charge >= 0.3 is 0 Å². The molecule has 0 unspecified atom stereocenters. The lowest BCUT2D eigenvalue weighted by Gasteiger charge is -2.09. The molecule has 0 aromatic heterocycles. The fourth-order valence-electron chi connectivity index (χ4n) is 2.21. The Morgan fingerprint density at radius 3 is 2.73 bits per heavy atom. The van der Waals surface area contributed by atoms with E-state index in [2.05, 4.69) is 17.4 Å². The van der Waals surface area contributed by atoms with Gasteiger partial charge in [0.1, 0.15) is 0 Å². The molecule has 1 aromatic carbocycles. The quantitative estimate of drug-likeness (QED) is 0.622. The summed E-state index contributed by atoms with van der Waals surface area (Å²) in [5.41, 5.74) is 2.13. The van der Waals surface area contributed by atoms with Crippen LogP contribution >= 0.6 is 0 Å². The van der Waals surface area contributed by atoms with Crippen LogP contribution in [0, 0.1) is 0 Å². The van der Waals surface area contributed by atoms with Crippen LogP contribution in [-0.2, 0) is 25.9 Å². The van der Waals surface area contributed by atoms with E-state index in [9.17, 15) is 13.2 Å². The molecule has 1 fully saturated rings. The number of amides is 1. The largest absolute Gasteiger partial charge is 0.386 e. The van der Waals surface area contributed by atoms with E-state index >= 15 is 0 Å². The minimum atomic E-state index is -2.99. The highest BCUT2D eigenvalue weighted by Crippen LogP contribution is 2.10. The predicted molar refractivity (Wildman–Crippen MR) is 84.6 cm³/mol. The van der Waals surface area contributed by atoms with E-state index in [0.717, 1.165) is 12.0 Å². The molecule has 120 valence electrons. The fourth-order valence-corrected chi connectivity index (χ4v) is 3.88. The molecule has 0 bridgehead atoms. The van der Waals surface area contributed by atoms with Crippen molar-refractivity contribution < 1.29 is 18.0 Å². The topological polar surface area (TPSA) is 84.8 Å². The van der Waals surface area contributed by atoms with Crippen molar-refractivity contribution in [2.45, 2.75) is 25.8 Å². The highest BCUT2D eigenvalue weighted by Gasteiger charge is 2.28. The summed E-state index contributed by atoms with van der Waals surface area (Å²) in [6.45, 7) is 1.86. The van der Waals surface area contributed by atoms with Crippen LogP contribution in [0.2, 0.25) is 0 Å². The van der Waals surface area contributed by atoms with Gasteiger partial charge in [-0.25, -0.2) is 8.42 Å². The zero-order chi connectivity index (χ0) is 16.0. The highest BCUT2D eigenvalue weighted by atomic mass is 32.2. The van der Waals surface area contributed by atoms with Crippen LogP contribution in [-0.4, -0.2) is 44.7 Å². The van der Waals surface area contributed by atoms with E-state index in [-0.39, 0.29) is 30.1 Å². The van der Waals surface area contributed by atoms with Gasteiger partial charge in [0.2, 0.25) is 0 Å². The first-order valence-corrected chi connectivity index (χ1v) is 9.05. The summed E-state index contributed by atoms with van der Waals surface area (Å²) >= 11 is 0. The first kappa shape index (κ1) is 16.5. The molecule has 7 heteroatoms. The fraction of sp³-hybridized carbons (Fsp3) is 0.467. The van der Waals surface area contributed by atoms with Gasteiger partial charge in [-0.3, -0.25) is 4.79 Å². The number of nitrogens with zero attached hydrogens (tertiary/aromatic N) is 1. The van der Waals surface area contributed by atoms with Crippen LogP contribution in [0.15, 0.2) is 29.4 Å². The third-order valence-electron chi connectivity index (χ3n) is 3.46. The molecule has 0 spiro atoms. The molecule has 2 rings (SSSR count). The lowest BCUT2D eigenvalue weighted by atomic mass is 10.1. The maximum atomic E-state index is 11.6. The monoisotopic (exact) mass is 324 g/mol. The lowest BCUT2D eigenvalue weighted by molar-refractivity contribution is -0.126. The van der Waals surface area contributed by atoms with Crippen molar-refractivity contribution in [2.24, 2.45) is 5.16 Å². The second kappa shape index (κ2) is 7.40. The number of carbonyl (C=O) groups is 1. The normalized spacial score (nSPS) is 20.1. The zero-order valence-corrected chi connectivity index (χ0v) is 13.3. The number of aryl methyl sites for hydroxylation is 1. The molecule has 6 nitrogen and oxygen atoms in total. The highest BCUT2D eigenvalue weighted by molar-refractivity contribution is 7.91. The summed E-state index contributed by atoms with van der Waals surface area (Å²) in [5, 5.41) is 6.37. The number of hydrogen-bond donors (Lipinski definition) is 1. The van der Waals surface area contributed by atoms with Crippen molar-refractivity contribution in [3.8, 4) is 0 Å². The van der Waals surface area contributed by atoms with Crippen LogP contribution in [0.3, 0.4) is 0 Å². The summed E-state index contributed by atoms with van der Waals surface area (Å²) in [5.74, 6) is -0.225. The molecule has 1 aliphatic heterocycles. The summed E-state index contributed by atoms with van der Waals surface area (Å²) in [6.07, 6.45) is 2.97. The van der Waals surface area contributed by atoms with Crippen LogP contribution in [0.4, 0.5) is 0 Å². The SMILES string of the molecule is CCc1ccc(/C=N\OCC(=O)N[C@H]2CCS(=O)(=O)C2)cc1. The van der Waals surface area contributed by atoms with Crippen LogP contribution in [0.1, 0.15) is 24.5 Å². The van der Waals surface area contributed by atoms with Gasteiger partial charge in [-0.05, 0) is 24.0 Å². The molecule has 1 aromatic rings. The number of sulfone groups is 1. The zero-order valence-electron chi connectivity index (χ0n) is 12.5. The van der Waals surface area contributed by atoms with Crippen molar-refractivity contribution in [3.05, 3.63) is 35.4 Å². The Kier molecular flexibility index (Phi) is 5.54. The molecule has 22 heavy (non-hydrogen) atoms. The predicted octanol–water partition coefficient (Wildman–Crippen LogP) is 0.903. The third-order valence-corrected chi connectivity index (χ3v) is 5.23. The Morgan fingerprint density at radius 2 is 2.14 bits per heavy atom. The first-order valence-electron chi connectivity index (χ1n) is 7.22. The van der Waals surface area contributed by atoms with E-state index in [1.165, 1.54) is 11.8 Å².